The van der Waals surface area contributed by atoms with Gasteiger partial charge in [0.05, 0.1) is 18.9 Å². The van der Waals surface area contributed by atoms with Crippen molar-refractivity contribution in [3.05, 3.63) is 64.1 Å². The first kappa shape index (κ1) is 37.1. The number of carbonyl (C=O) groups excluding carboxylic acids is 1. The lowest BCUT2D eigenvalue weighted by molar-refractivity contribution is -0.157. The van der Waals surface area contributed by atoms with Gasteiger partial charge in [-0.25, -0.2) is 0 Å². The average molecular weight is 607 g/mol. The number of unbranched alkanes of at least 4 members (excludes halogenated alkanes) is 15. The van der Waals surface area contributed by atoms with E-state index in [1.165, 1.54) is 96.0 Å². The fourth-order valence-electron chi connectivity index (χ4n) is 5.40. The predicted octanol–water partition coefficient (Wildman–Crippen LogP) is 9.56. The lowest BCUT2D eigenvalue weighted by Crippen LogP contribution is -2.30. The minimum Gasteiger partial charge on any atom is -0.488 e. The molecule has 0 aliphatic carbocycles. The van der Waals surface area contributed by atoms with Gasteiger partial charge in [-0.2, -0.15) is 5.26 Å². The zero-order valence-corrected chi connectivity index (χ0v) is 28.1. The Morgan fingerprint density at radius 2 is 1.36 bits per heavy atom. The summed E-state index contributed by atoms with van der Waals surface area (Å²) >= 11 is 0. The van der Waals surface area contributed by atoms with Crippen molar-refractivity contribution in [2.24, 2.45) is 5.92 Å². The van der Waals surface area contributed by atoms with Crippen LogP contribution in [0.2, 0.25) is 0 Å². The number of pyridine rings is 1. The van der Waals surface area contributed by atoms with Crippen molar-refractivity contribution in [3.8, 4) is 11.8 Å². The molecule has 1 heterocycles. The summed E-state index contributed by atoms with van der Waals surface area (Å²) in [5, 5.41) is 9.71. The van der Waals surface area contributed by atoms with Crippen molar-refractivity contribution in [2.75, 3.05) is 6.61 Å². The molecule has 0 radical (unpaired) electrons. The summed E-state index contributed by atoms with van der Waals surface area (Å²) < 4.78 is 13.3. The molecule has 244 valence electrons. The van der Waals surface area contributed by atoms with Crippen LogP contribution in [0.4, 0.5) is 0 Å². The van der Waals surface area contributed by atoms with Crippen molar-refractivity contribution in [1.29, 1.82) is 5.26 Å². The van der Waals surface area contributed by atoms with Crippen LogP contribution in [-0.2, 0) is 22.5 Å². The second kappa shape index (κ2) is 21.6. The van der Waals surface area contributed by atoms with E-state index in [-0.39, 0.29) is 11.8 Å². The molecule has 1 aromatic heterocycles. The Balaban J connectivity index is 1.77. The third kappa shape index (κ3) is 16.1. The molecule has 0 saturated carbocycles. The first-order valence-corrected chi connectivity index (χ1v) is 17.3. The Bertz CT molecular complexity index is 1160. The van der Waals surface area contributed by atoms with Crippen LogP contribution in [0.3, 0.4) is 0 Å². The molecule has 0 saturated heterocycles. The minimum absolute atomic E-state index is 0.0902. The number of esters is 1. The molecular weight excluding hydrogens is 548 g/mol. The topological polar surface area (TPSA) is 81.3 Å². The maximum absolute atomic E-state index is 13.0. The van der Waals surface area contributed by atoms with E-state index in [4.69, 9.17) is 9.47 Å². The van der Waals surface area contributed by atoms with Gasteiger partial charge in [0.15, 0.2) is 5.75 Å². The number of aromatic nitrogens is 1. The molecule has 0 fully saturated rings. The summed E-state index contributed by atoms with van der Waals surface area (Å²) in [6, 6.07) is 13.5. The van der Waals surface area contributed by atoms with Crippen LogP contribution in [0.25, 0.3) is 0 Å². The molecule has 0 aliphatic heterocycles. The third-order valence-corrected chi connectivity index (χ3v) is 7.89. The van der Waals surface area contributed by atoms with Gasteiger partial charge in [0.1, 0.15) is 11.5 Å². The third-order valence-electron chi connectivity index (χ3n) is 7.89. The maximum atomic E-state index is 13.0. The smallest absolute Gasteiger partial charge is 0.324 e. The van der Waals surface area contributed by atoms with Gasteiger partial charge in [-0.3, -0.25) is 9.59 Å². The van der Waals surface area contributed by atoms with Gasteiger partial charge in [0.25, 0.3) is 0 Å². The molecule has 2 rings (SSSR count). The summed E-state index contributed by atoms with van der Waals surface area (Å²) in [6.07, 6.45) is 22.8. The molecule has 0 bridgehead atoms. The first-order chi connectivity index (χ1) is 21.2. The Hall–Kier alpha value is -3.07. The average Bonchev–Trinajstić information content (AvgIpc) is 2.98. The van der Waals surface area contributed by atoms with Crippen LogP contribution in [0, 0.1) is 17.2 Å². The first-order valence-electron chi connectivity index (χ1n) is 17.3. The number of ether oxygens (including phenoxy) is 2. The molecule has 0 spiro atoms. The summed E-state index contributed by atoms with van der Waals surface area (Å²) in [5.41, 5.74) is 0.722. The molecule has 2 aromatic rings. The van der Waals surface area contributed by atoms with Crippen molar-refractivity contribution in [3.63, 3.8) is 0 Å². The Labute approximate surface area is 267 Å². The summed E-state index contributed by atoms with van der Waals surface area (Å²) in [4.78, 5) is 25.6. The number of rotatable bonds is 23. The molecule has 0 aliphatic rings. The van der Waals surface area contributed by atoms with E-state index in [9.17, 15) is 14.9 Å². The van der Waals surface area contributed by atoms with E-state index in [1.54, 1.807) is 27.0 Å². The van der Waals surface area contributed by atoms with E-state index >= 15 is 0 Å². The summed E-state index contributed by atoms with van der Waals surface area (Å²) in [7, 11) is 0. The second-order valence-electron chi connectivity index (χ2n) is 13.2. The highest BCUT2D eigenvalue weighted by molar-refractivity contribution is 5.76. The number of carbonyl (C=O) groups is 1. The van der Waals surface area contributed by atoms with E-state index < -0.39 is 17.5 Å². The largest absolute Gasteiger partial charge is 0.488 e. The molecule has 1 aromatic carbocycles. The number of hydrogen-bond acceptors (Lipinski definition) is 5. The van der Waals surface area contributed by atoms with Crippen molar-refractivity contribution in [1.82, 2.24) is 4.57 Å². The Morgan fingerprint density at radius 3 is 1.86 bits per heavy atom. The highest BCUT2D eigenvalue weighted by Gasteiger charge is 2.26. The minimum atomic E-state index is -1.01. The van der Waals surface area contributed by atoms with Gasteiger partial charge >= 0.3 is 5.97 Å². The summed E-state index contributed by atoms with van der Waals surface area (Å²) in [6.45, 7) is 8.59. The van der Waals surface area contributed by atoms with Crippen molar-refractivity contribution in [2.45, 2.75) is 149 Å². The van der Waals surface area contributed by atoms with Crippen LogP contribution in [0.5, 0.6) is 5.75 Å². The van der Waals surface area contributed by atoms with Gasteiger partial charge in [0.2, 0.25) is 5.43 Å². The Kier molecular flexibility index (Phi) is 18.2. The van der Waals surface area contributed by atoms with Gasteiger partial charge in [-0.1, -0.05) is 134 Å². The van der Waals surface area contributed by atoms with Crippen LogP contribution < -0.4 is 10.2 Å². The number of hydrogen-bond donors (Lipinski definition) is 0. The van der Waals surface area contributed by atoms with Gasteiger partial charge in [0, 0.05) is 24.7 Å². The fraction of sp³-hybridized carbons (Fsp3) is 0.658. The van der Waals surface area contributed by atoms with Crippen LogP contribution in [0.15, 0.2) is 47.4 Å². The van der Waals surface area contributed by atoms with Crippen molar-refractivity contribution >= 4 is 5.97 Å². The molecule has 6 nitrogen and oxygen atoms in total. The van der Waals surface area contributed by atoms with Crippen LogP contribution >= 0.6 is 0 Å². The van der Waals surface area contributed by atoms with Crippen molar-refractivity contribution < 1.29 is 14.3 Å². The number of nitriles is 1. The molecule has 0 amide bonds. The molecule has 44 heavy (non-hydrogen) atoms. The van der Waals surface area contributed by atoms with Gasteiger partial charge in [-0.05, 0) is 32.8 Å². The van der Waals surface area contributed by atoms with Crippen LogP contribution in [0.1, 0.15) is 142 Å². The SMILES string of the molecule is CCCCCCCCCCCCCCCCCCOc1cn(Cc2ccccc2)c(CC(C#N)C(=O)OC(C)(C)C)cc1=O. The molecule has 0 N–H and O–H groups in total. The zero-order chi connectivity index (χ0) is 32.0. The maximum Gasteiger partial charge on any atom is 0.324 e. The van der Waals surface area contributed by atoms with E-state index in [0.717, 1.165) is 18.4 Å². The fourth-order valence-corrected chi connectivity index (χ4v) is 5.40. The molecule has 6 heteroatoms. The highest BCUT2D eigenvalue weighted by Crippen LogP contribution is 2.19. The second-order valence-corrected chi connectivity index (χ2v) is 13.2. The zero-order valence-electron chi connectivity index (χ0n) is 28.1. The molecule has 1 atom stereocenters. The van der Waals surface area contributed by atoms with E-state index in [0.29, 0.717) is 24.6 Å². The number of benzene rings is 1. The number of nitrogens with zero attached hydrogens (tertiary/aromatic N) is 2. The van der Waals surface area contributed by atoms with Crippen LogP contribution in [-0.4, -0.2) is 22.7 Å². The van der Waals surface area contributed by atoms with Gasteiger partial charge in [-0.15, -0.1) is 0 Å². The van der Waals surface area contributed by atoms with Gasteiger partial charge < -0.3 is 14.0 Å². The highest BCUT2D eigenvalue weighted by atomic mass is 16.6. The molecular formula is C38H58N2O4. The molecule has 1 unspecified atom stereocenters. The standard InChI is InChI=1S/C38H58N2O4/c1-5-6-7-8-9-10-11-12-13-14-15-16-17-18-19-23-26-43-36-31-40(30-32-24-21-20-22-25-32)34(28-35(36)41)27-33(29-39)37(42)44-38(2,3)4/h20-22,24-25,28,31,33H,5-19,23,26-27,30H2,1-4H3. The summed E-state index contributed by atoms with van der Waals surface area (Å²) in [5.74, 6) is -1.29. The Morgan fingerprint density at radius 1 is 0.841 bits per heavy atom. The quantitative estimate of drug-likeness (QED) is 0.0929. The van der Waals surface area contributed by atoms with E-state index in [2.05, 4.69) is 13.0 Å². The lowest BCUT2D eigenvalue weighted by atomic mass is 10.0. The lowest BCUT2D eigenvalue weighted by Gasteiger charge is -2.22. The van der Waals surface area contributed by atoms with E-state index in [1.807, 2.05) is 34.9 Å². The normalized spacial score (nSPS) is 12.1. The predicted molar refractivity (Wildman–Crippen MR) is 180 cm³/mol. The monoisotopic (exact) mass is 606 g/mol.